The van der Waals surface area contributed by atoms with E-state index in [-0.39, 0.29) is 5.91 Å². The quantitative estimate of drug-likeness (QED) is 0.761. The highest BCUT2D eigenvalue weighted by Gasteiger charge is 2.16. The van der Waals surface area contributed by atoms with Gasteiger partial charge < -0.3 is 15.4 Å². The number of rotatable bonds is 8. The summed E-state index contributed by atoms with van der Waals surface area (Å²) in [4.78, 5) is 16.3. The van der Waals surface area contributed by atoms with Crippen LogP contribution in [0.4, 0.5) is 0 Å². The first-order valence-corrected chi connectivity index (χ1v) is 7.20. The van der Waals surface area contributed by atoms with Crippen LogP contribution in [0.1, 0.15) is 38.6 Å². The second-order valence-electron chi connectivity index (χ2n) is 4.73. The Morgan fingerprint density at radius 2 is 2.15 bits per heavy atom. The second-order valence-corrected chi connectivity index (χ2v) is 4.73. The maximum Gasteiger partial charge on any atom is 0.260 e. The topological polar surface area (TPSA) is 63.2 Å². The molecule has 1 heterocycles. The third-order valence-electron chi connectivity index (χ3n) is 2.84. The zero-order valence-electron chi connectivity index (χ0n) is 12.8. The fourth-order valence-electron chi connectivity index (χ4n) is 1.71. The van der Waals surface area contributed by atoms with E-state index < -0.39 is 6.10 Å². The van der Waals surface area contributed by atoms with Gasteiger partial charge in [-0.05, 0) is 38.9 Å². The van der Waals surface area contributed by atoms with Crippen LogP contribution in [0.15, 0.2) is 12.1 Å². The average Bonchev–Trinajstić information content (AvgIpc) is 2.44. The van der Waals surface area contributed by atoms with Gasteiger partial charge in [0.15, 0.2) is 6.10 Å². The third-order valence-corrected chi connectivity index (χ3v) is 2.84. The minimum Gasteiger partial charge on any atom is -0.479 e. The van der Waals surface area contributed by atoms with Crippen LogP contribution in [0.5, 0.6) is 5.75 Å². The number of hydrogen-bond acceptors (Lipinski definition) is 4. The number of nitrogens with one attached hydrogen (secondary N) is 2. The van der Waals surface area contributed by atoms with Gasteiger partial charge >= 0.3 is 0 Å². The molecule has 0 saturated carbocycles. The van der Waals surface area contributed by atoms with Gasteiger partial charge in [0.25, 0.3) is 5.91 Å². The Labute approximate surface area is 121 Å². The summed E-state index contributed by atoms with van der Waals surface area (Å²) in [5, 5.41) is 6.05. The first-order valence-electron chi connectivity index (χ1n) is 7.20. The summed E-state index contributed by atoms with van der Waals surface area (Å²) in [6, 6.07) is 3.76. The molecule has 20 heavy (non-hydrogen) atoms. The van der Waals surface area contributed by atoms with Crippen molar-refractivity contribution in [2.45, 2.75) is 46.8 Å². The van der Waals surface area contributed by atoms with Crippen LogP contribution < -0.4 is 15.4 Å². The molecule has 0 aliphatic heterocycles. The van der Waals surface area contributed by atoms with Crippen molar-refractivity contribution in [3.8, 4) is 5.75 Å². The molecule has 0 fully saturated rings. The van der Waals surface area contributed by atoms with E-state index in [4.69, 9.17) is 4.74 Å². The molecule has 5 heteroatoms. The predicted octanol–water partition coefficient (Wildman–Crippen LogP) is 1.79. The molecule has 1 aromatic heterocycles. The molecule has 0 aromatic carbocycles. The molecule has 0 aliphatic carbocycles. The normalized spacial score (nSPS) is 12.0. The van der Waals surface area contributed by atoms with E-state index >= 15 is 0 Å². The van der Waals surface area contributed by atoms with E-state index in [1.165, 1.54) is 0 Å². The Balaban J connectivity index is 2.72. The summed E-state index contributed by atoms with van der Waals surface area (Å²) >= 11 is 0. The highest BCUT2D eigenvalue weighted by atomic mass is 16.5. The Hall–Kier alpha value is -1.62. The second kappa shape index (κ2) is 8.53. The lowest BCUT2D eigenvalue weighted by atomic mass is 10.2. The molecule has 1 atom stereocenters. The van der Waals surface area contributed by atoms with E-state index in [0.717, 1.165) is 24.4 Å². The number of aromatic nitrogens is 1. The summed E-state index contributed by atoms with van der Waals surface area (Å²) in [7, 11) is 0. The molecule has 1 unspecified atom stereocenters. The number of pyridine rings is 1. The van der Waals surface area contributed by atoms with Gasteiger partial charge in [0.2, 0.25) is 0 Å². The van der Waals surface area contributed by atoms with Crippen LogP contribution in [-0.2, 0) is 11.3 Å². The van der Waals surface area contributed by atoms with Crippen LogP contribution in [0.25, 0.3) is 0 Å². The number of nitrogens with zero attached hydrogens (tertiary/aromatic N) is 1. The molecule has 0 spiro atoms. The largest absolute Gasteiger partial charge is 0.479 e. The van der Waals surface area contributed by atoms with Gasteiger partial charge in [-0.15, -0.1) is 0 Å². The highest BCUT2D eigenvalue weighted by molar-refractivity contribution is 5.80. The molecule has 1 rings (SSSR count). The lowest BCUT2D eigenvalue weighted by molar-refractivity contribution is -0.127. The molecule has 5 nitrogen and oxygen atoms in total. The number of amides is 1. The van der Waals surface area contributed by atoms with Crippen LogP contribution in [0, 0.1) is 6.92 Å². The maximum atomic E-state index is 11.8. The first kappa shape index (κ1) is 16.4. The molecule has 0 bridgehead atoms. The summed E-state index contributed by atoms with van der Waals surface area (Å²) in [6.45, 7) is 9.92. The lowest BCUT2D eigenvalue weighted by Crippen LogP contribution is -2.37. The summed E-state index contributed by atoms with van der Waals surface area (Å²) in [5.41, 5.74) is 1.77. The van der Waals surface area contributed by atoms with Crippen molar-refractivity contribution in [3.05, 3.63) is 23.5 Å². The Bertz CT molecular complexity index is 435. The monoisotopic (exact) mass is 279 g/mol. The molecule has 1 amide bonds. The fourth-order valence-corrected chi connectivity index (χ4v) is 1.71. The number of carbonyl (C=O) groups is 1. The minimum absolute atomic E-state index is 0.0955. The van der Waals surface area contributed by atoms with E-state index in [1.807, 2.05) is 32.9 Å². The van der Waals surface area contributed by atoms with Crippen LogP contribution in [0.3, 0.4) is 0 Å². The van der Waals surface area contributed by atoms with Crippen LogP contribution in [0.2, 0.25) is 0 Å². The van der Waals surface area contributed by atoms with Crippen molar-refractivity contribution >= 4 is 5.91 Å². The molecular formula is C15H25N3O2. The van der Waals surface area contributed by atoms with E-state index in [0.29, 0.717) is 18.8 Å². The standard InChI is InChI=1S/C15H25N3O2/c1-5-9-17-15(19)12(4)20-14-8-7-11(3)18-13(14)10-16-6-2/h7-8,12,16H,5-6,9-10H2,1-4H3,(H,17,19). The number of carbonyl (C=O) groups excluding carboxylic acids is 1. The van der Waals surface area contributed by atoms with Gasteiger partial charge in [0.05, 0.1) is 5.69 Å². The van der Waals surface area contributed by atoms with Crippen molar-refractivity contribution in [1.29, 1.82) is 0 Å². The van der Waals surface area contributed by atoms with Crippen LogP contribution >= 0.6 is 0 Å². The van der Waals surface area contributed by atoms with Gasteiger partial charge in [-0.25, -0.2) is 0 Å². The number of aryl methyl sites for hydroxylation is 1. The van der Waals surface area contributed by atoms with Gasteiger partial charge in [-0.2, -0.15) is 0 Å². The fraction of sp³-hybridized carbons (Fsp3) is 0.600. The number of ether oxygens (including phenoxy) is 1. The van der Waals surface area contributed by atoms with Crippen molar-refractivity contribution in [1.82, 2.24) is 15.6 Å². The zero-order chi connectivity index (χ0) is 15.0. The molecule has 1 aromatic rings. The van der Waals surface area contributed by atoms with E-state index in [2.05, 4.69) is 15.6 Å². The lowest BCUT2D eigenvalue weighted by Gasteiger charge is -2.17. The summed E-state index contributed by atoms with van der Waals surface area (Å²) in [6.07, 6.45) is 0.391. The van der Waals surface area contributed by atoms with Gasteiger partial charge in [0.1, 0.15) is 5.75 Å². The summed E-state index contributed by atoms with van der Waals surface area (Å²) in [5.74, 6) is 0.567. The Morgan fingerprint density at radius 1 is 1.40 bits per heavy atom. The van der Waals surface area contributed by atoms with E-state index in [1.54, 1.807) is 6.92 Å². The molecule has 2 N–H and O–H groups in total. The Morgan fingerprint density at radius 3 is 2.80 bits per heavy atom. The summed E-state index contributed by atoms with van der Waals surface area (Å²) < 4.78 is 5.74. The molecule has 112 valence electrons. The van der Waals surface area contributed by atoms with E-state index in [9.17, 15) is 4.79 Å². The molecule has 0 radical (unpaired) electrons. The van der Waals surface area contributed by atoms with Crippen molar-refractivity contribution in [3.63, 3.8) is 0 Å². The third kappa shape index (κ3) is 5.17. The number of hydrogen-bond donors (Lipinski definition) is 2. The van der Waals surface area contributed by atoms with Crippen LogP contribution in [-0.4, -0.2) is 30.1 Å². The zero-order valence-corrected chi connectivity index (χ0v) is 12.8. The van der Waals surface area contributed by atoms with Crippen molar-refractivity contribution in [2.24, 2.45) is 0 Å². The SMILES string of the molecule is CCCNC(=O)C(C)Oc1ccc(C)nc1CNCC. The van der Waals surface area contributed by atoms with Crippen molar-refractivity contribution in [2.75, 3.05) is 13.1 Å². The minimum atomic E-state index is -0.522. The average molecular weight is 279 g/mol. The van der Waals surface area contributed by atoms with Gasteiger partial charge in [-0.1, -0.05) is 13.8 Å². The molecular weight excluding hydrogens is 254 g/mol. The first-order chi connectivity index (χ1) is 9.58. The molecule has 0 aliphatic rings. The predicted molar refractivity (Wildman–Crippen MR) is 79.7 cm³/mol. The van der Waals surface area contributed by atoms with Crippen molar-refractivity contribution < 1.29 is 9.53 Å². The Kier molecular flexibility index (Phi) is 7.01. The highest BCUT2D eigenvalue weighted by Crippen LogP contribution is 2.18. The maximum absolute atomic E-state index is 11.8. The van der Waals surface area contributed by atoms with Gasteiger partial charge in [-0.3, -0.25) is 9.78 Å². The van der Waals surface area contributed by atoms with Gasteiger partial charge in [0, 0.05) is 18.8 Å². The smallest absolute Gasteiger partial charge is 0.260 e. The molecule has 0 saturated heterocycles.